The molecule has 1 aliphatic heterocycles. The number of pyridine rings is 1. The predicted octanol–water partition coefficient (Wildman–Crippen LogP) is 5.36. The van der Waals surface area contributed by atoms with Gasteiger partial charge in [-0.1, -0.05) is 30.3 Å². The maximum Gasteiger partial charge on any atom is 0.431 e. The van der Waals surface area contributed by atoms with E-state index in [0.717, 1.165) is 17.2 Å². The molecule has 0 fully saturated rings. The van der Waals surface area contributed by atoms with Crippen LogP contribution in [0.25, 0.3) is 0 Å². The van der Waals surface area contributed by atoms with Crippen LogP contribution >= 0.6 is 0 Å². The summed E-state index contributed by atoms with van der Waals surface area (Å²) in [5.41, 5.74) is 0.339. The number of H-pyrrole nitrogens is 1. The number of hydrogen-bond acceptors (Lipinski definition) is 3. The lowest BCUT2D eigenvalue weighted by molar-refractivity contribution is -0.141. The molecule has 0 radical (unpaired) electrons. The van der Waals surface area contributed by atoms with Crippen molar-refractivity contribution in [2.45, 2.75) is 32.5 Å². The van der Waals surface area contributed by atoms with Crippen molar-refractivity contribution in [1.82, 2.24) is 10.3 Å². The minimum Gasteiger partial charge on any atom is -0.457 e. The third-order valence-corrected chi connectivity index (χ3v) is 5.47. The van der Waals surface area contributed by atoms with Gasteiger partial charge < -0.3 is 15.0 Å². The zero-order valence-corrected chi connectivity index (χ0v) is 18.0. The Morgan fingerprint density at radius 3 is 2.18 bits per heavy atom. The standard InChI is InChI=1S/C25H21F3N2O3/c1-4-5-15-12-18(24(32)30-22(15)25(26,27)28)23(31)29-21-16-8-6-13(2)10-19(16)33-20-11-14(3)7-9-17(20)21/h4,6-12,21H,1,5H2,2-3H3,(H,29,31)(H,30,32). The molecule has 0 atom stereocenters. The molecule has 0 aliphatic carbocycles. The summed E-state index contributed by atoms with van der Waals surface area (Å²) < 4.78 is 46.0. The first-order valence-electron chi connectivity index (χ1n) is 10.2. The van der Waals surface area contributed by atoms with Gasteiger partial charge in [0.05, 0.1) is 6.04 Å². The first kappa shape index (κ1) is 22.4. The van der Waals surface area contributed by atoms with E-state index in [2.05, 4.69) is 11.9 Å². The van der Waals surface area contributed by atoms with Gasteiger partial charge >= 0.3 is 6.18 Å². The minimum absolute atomic E-state index is 0.159. The van der Waals surface area contributed by atoms with Crippen LogP contribution in [0.4, 0.5) is 13.2 Å². The lowest BCUT2D eigenvalue weighted by atomic mass is 9.92. The van der Waals surface area contributed by atoms with Crippen LogP contribution in [-0.2, 0) is 12.6 Å². The lowest BCUT2D eigenvalue weighted by Gasteiger charge is -2.29. The fourth-order valence-corrected chi connectivity index (χ4v) is 3.90. The number of carbonyl (C=O) groups excluding carboxylic acids is 1. The second-order valence-electron chi connectivity index (χ2n) is 7.99. The first-order chi connectivity index (χ1) is 15.6. The summed E-state index contributed by atoms with van der Waals surface area (Å²) in [4.78, 5) is 27.4. The van der Waals surface area contributed by atoms with Gasteiger partial charge in [-0.2, -0.15) is 13.2 Å². The number of hydrogen-bond donors (Lipinski definition) is 2. The van der Waals surface area contributed by atoms with E-state index in [4.69, 9.17) is 4.74 Å². The van der Waals surface area contributed by atoms with Gasteiger partial charge in [-0.25, -0.2) is 0 Å². The highest BCUT2D eigenvalue weighted by Gasteiger charge is 2.36. The topological polar surface area (TPSA) is 71.2 Å². The molecule has 0 saturated carbocycles. The molecule has 0 saturated heterocycles. The van der Waals surface area contributed by atoms with E-state index >= 15 is 0 Å². The quantitative estimate of drug-likeness (QED) is 0.521. The average Bonchev–Trinajstić information content (AvgIpc) is 2.73. The minimum atomic E-state index is -4.76. The van der Waals surface area contributed by atoms with Crippen molar-refractivity contribution in [2.75, 3.05) is 0 Å². The van der Waals surface area contributed by atoms with Crippen molar-refractivity contribution < 1.29 is 22.7 Å². The molecule has 2 aromatic carbocycles. The average molecular weight is 454 g/mol. The van der Waals surface area contributed by atoms with Crippen molar-refractivity contribution in [3.05, 3.63) is 105 Å². The molecule has 0 unspecified atom stereocenters. The number of allylic oxidation sites excluding steroid dienone is 1. The molecule has 2 heterocycles. The summed E-state index contributed by atoms with van der Waals surface area (Å²) >= 11 is 0. The SMILES string of the molecule is C=CCc1cc(C(=O)NC2c3ccc(C)cc3Oc3cc(C)ccc32)c(=O)[nH]c1C(F)(F)F. The van der Waals surface area contributed by atoms with Crippen LogP contribution < -0.4 is 15.6 Å². The Labute approximate surface area is 187 Å². The Hall–Kier alpha value is -3.81. The number of fused-ring (bicyclic) bond motifs is 2. The van der Waals surface area contributed by atoms with E-state index in [-0.39, 0.29) is 12.0 Å². The fourth-order valence-electron chi connectivity index (χ4n) is 3.90. The summed E-state index contributed by atoms with van der Waals surface area (Å²) in [6, 6.07) is 11.4. The molecule has 0 spiro atoms. The van der Waals surface area contributed by atoms with Crippen LogP contribution in [0.3, 0.4) is 0 Å². The number of amides is 1. The molecular formula is C25H21F3N2O3. The van der Waals surface area contributed by atoms with Gasteiger partial charge in [0.25, 0.3) is 11.5 Å². The van der Waals surface area contributed by atoms with E-state index in [1.807, 2.05) is 55.2 Å². The van der Waals surface area contributed by atoms with Gasteiger partial charge in [0.2, 0.25) is 0 Å². The van der Waals surface area contributed by atoms with Crippen molar-refractivity contribution in [3.8, 4) is 11.5 Å². The van der Waals surface area contributed by atoms with Crippen molar-refractivity contribution in [2.24, 2.45) is 0 Å². The zero-order valence-electron chi connectivity index (χ0n) is 18.0. The molecule has 3 aromatic rings. The number of benzene rings is 2. The highest BCUT2D eigenvalue weighted by Crippen LogP contribution is 2.43. The lowest BCUT2D eigenvalue weighted by Crippen LogP contribution is -2.35. The van der Waals surface area contributed by atoms with Gasteiger partial charge in [-0.05, 0) is 55.2 Å². The molecule has 1 amide bonds. The van der Waals surface area contributed by atoms with Crippen molar-refractivity contribution in [3.63, 3.8) is 0 Å². The summed E-state index contributed by atoms with van der Waals surface area (Å²) in [6.07, 6.45) is -3.64. The van der Waals surface area contributed by atoms with Crippen molar-refractivity contribution >= 4 is 5.91 Å². The van der Waals surface area contributed by atoms with E-state index in [9.17, 15) is 22.8 Å². The van der Waals surface area contributed by atoms with E-state index in [0.29, 0.717) is 22.6 Å². The van der Waals surface area contributed by atoms with Gasteiger partial charge in [0.1, 0.15) is 22.8 Å². The molecule has 1 aliphatic rings. The van der Waals surface area contributed by atoms with E-state index in [1.165, 1.54) is 6.08 Å². The summed E-state index contributed by atoms with van der Waals surface area (Å²) in [7, 11) is 0. The van der Waals surface area contributed by atoms with Crippen LogP contribution in [0.5, 0.6) is 11.5 Å². The Morgan fingerprint density at radius 2 is 1.67 bits per heavy atom. The number of aromatic nitrogens is 1. The number of carbonyl (C=O) groups is 1. The molecule has 2 N–H and O–H groups in total. The largest absolute Gasteiger partial charge is 0.457 e. The van der Waals surface area contributed by atoms with E-state index < -0.39 is 34.9 Å². The number of aromatic amines is 1. The van der Waals surface area contributed by atoms with Gasteiger partial charge in [-0.3, -0.25) is 9.59 Å². The number of aryl methyl sites for hydroxylation is 2. The molecule has 1 aromatic heterocycles. The van der Waals surface area contributed by atoms with Crippen LogP contribution in [-0.4, -0.2) is 10.9 Å². The second kappa shape index (κ2) is 8.27. The smallest absolute Gasteiger partial charge is 0.431 e. The van der Waals surface area contributed by atoms with Gasteiger partial charge in [0, 0.05) is 11.1 Å². The molecule has 33 heavy (non-hydrogen) atoms. The first-order valence-corrected chi connectivity index (χ1v) is 10.2. The van der Waals surface area contributed by atoms with Crippen LogP contribution in [0.2, 0.25) is 0 Å². The Kier molecular flexibility index (Phi) is 5.61. The van der Waals surface area contributed by atoms with Crippen molar-refractivity contribution in [1.29, 1.82) is 0 Å². The summed E-state index contributed by atoms with van der Waals surface area (Å²) in [5.74, 6) is 0.333. The predicted molar refractivity (Wildman–Crippen MR) is 118 cm³/mol. The third kappa shape index (κ3) is 4.28. The Bertz CT molecular complexity index is 1270. The molecule has 170 valence electrons. The highest BCUT2D eigenvalue weighted by molar-refractivity contribution is 5.94. The second-order valence-corrected chi connectivity index (χ2v) is 7.99. The molecule has 0 bridgehead atoms. The normalized spacial score (nSPS) is 13.0. The summed E-state index contributed by atoms with van der Waals surface area (Å²) in [5, 5.41) is 2.81. The number of ether oxygens (including phenoxy) is 1. The number of rotatable bonds is 4. The van der Waals surface area contributed by atoms with Gasteiger partial charge in [0.15, 0.2) is 0 Å². The van der Waals surface area contributed by atoms with Gasteiger partial charge in [-0.15, -0.1) is 6.58 Å². The number of alkyl halides is 3. The highest BCUT2D eigenvalue weighted by atomic mass is 19.4. The summed E-state index contributed by atoms with van der Waals surface area (Å²) in [6.45, 7) is 7.28. The van der Waals surface area contributed by atoms with Crippen LogP contribution in [0, 0.1) is 13.8 Å². The maximum absolute atomic E-state index is 13.3. The molecular weight excluding hydrogens is 433 g/mol. The van der Waals surface area contributed by atoms with E-state index in [1.54, 1.807) is 0 Å². The number of nitrogens with one attached hydrogen (secondary N) is 2. The Morgan fingerprint density at radius 1 is 1.09 bits per heavy atom. The molecule has 5 nitrogen and oxygen atoms in total. The Balaban J connectivity index is 1.77. The number of halogens is 3. The molecule has 8 heteroatoms. The zero-order chi connectivity index (χ0) is 23.9. The maximum atomic E-state index is 13.3. The monoisotopic (exact) mass is 454 g/mol. The third-order valence-electron chi connectivity index (χ3n) is 5.47. The fraction of sp³-hybridized carbons (Fsp3) is 0.200. The van der Waals surface area contributed by atoms with Crippen LogP contribution in [0.1, 0.15) is 49.9 Å². The molecule has 4 rings (SSSR count). The van der Waals surface area contributed by atoms with Crippen LogP contribution in [0.15, 0.2) is 59.9 Å².